The van der Waals surface area contributed by atoms with Gasteiger partial charge < -0.3 is 24.2 Å². The molecule has 2 heterocycles. The number of H-pyrrole nitrogens is 1. The zero-order chi connectivity index (χ0) is 31.6. The lowest BCUT2D eigenvalue weighted by atomic mass is 9.96. The summed E-state index contributed by atoms with van der Waals surface area (Å²) in [5.74, 6) is -1.81. The second kappa shape index (κ2) is 13.0. The van der Waals surface area contributed by atoms with Gasteiger partial charge in [0.1, 0.15) is 30.2 Å². The van der Waals surface area contributed by atoms with E-state index in [2.05, 4.69) is 4.98 Å². The predicted molar refractivity (Wildman–Crippen MR) is 152 cm³/mol. The van der Waals surface area contributed by atoms with Crippen molar-refractivity contribution in [3.05, 3.63) is 92.6 Å². The number of hydrogen-bond donors (Lipinski definition) is 3. The number of nitrogens with zero attached hydrogens (tertiary/aromatic N) is 1. The van der Waals surface area contributed by atoms with Crippen molar-refractivity contribution in [3.63, 3.8) is 0 Å². The average Bonchev–Trinajstić information content (AvgIpc) is 3.17. The van der Waals surface area contributed by atoms with Crippen molar-refractivity contribution in [2.24, 2.45) is 5.92 Å². The van der Waals surface area contributed by atoms with Crippen LogP contribution in [-0.2, 0) is 30.0 Å². The highest BCUT2D eigenvalue weighted by Crippen LogP contribution is 2.51. The van der Waals surface area contributed by atoms with E-state index in [1.54, 1.807) is 24.3 Å². The van der Waals surface area contributed by atoms with Crippen LogP contribution in [0.15, 0.2) is 71.7 Å². The summed E-state index contributed by atoms with van der Waals surface area (Å²) >= 11 is 11.1. The molecule has 14 heteroatoms. The quantitative estimate of drug-likeness (QED) is 0.160. The molecule has 0 radical (unpaired) electrons. The van der Waals surface area contributed by atoms with Crippen molar-refractivity contribution in [2.45, 2.75) is 44.5 Å². The highest BCUT2D eigenvalue weighted by Gasteiger charge is 2.53. The Kier molecular flexibility index (Phi) is 8.97. The maximum Gasteiger partial charge on any atom is 0.380 e. The number of halogens is 1. The van der Waals surface area contributed by atoms with Crippen LogP contribution in [0.2, 0.25) is 5.02 Å². The van der Waals surface area contributed by atoms with Crippen LogP contribution in [-0.4, -0.2) is 56.3 Å². The summed E-state index contributed by atoms with van der Waals surface area (Å²) < 4.78 is 54.5. The van der Waals surface area contributed by atoms with Crippen LogP contribution in [0.1, 0.15) is 28.4 Å². The van der Waals surface area contributed by atoms with Crippen LogP contribution in [0.5, 0.6) is 5.75 Å². The molecule has 6 atom stereocenters. The Balaban J connectivity index is 1.58. The first kappa shape index (κ1) is 28.3. The number of aromatic amines is 1. The molecule has 0 aliphatic carbocycles. The number of ether oxygens (including phenoxy) is 2. The lowest BCUT2D eigenvalue weighted by Gasteiger charge is -2.28. The number of nitrogens with one attached hydrogen (secondary N) is 1. The first-order valence-corrected chi connectivity index (χ1v) is 15.0. The van der Waals surface area contributed by atoms with Gasteiger partial charge in [0.2, 0.25) is 0 Å². The smallest absolute Gasteiger partial charge is 0.380 e. The van der Waals surface area contributed by atoms with Gasteiger partial charge in [-0.05, 0) is 49.0 Å². The molecular formula is C27H30ClN2O9PS. The minimum atomic E-state index is -4.58. The van der Waals surface area contributed by atoms with Crippen molar-refractivity contribution in [2.75, 3.05) is 12.7 Å². The topological polar surface area (TPSA) is 149 Å². The van der Waals surface area contributed by atoms with Gasteiger partial charge in [-0.15, -0.1) is 0 Å². The van der Waals surface area contributed by atoms with Gasteiger partial charge in [-0.3, -0.25) is 23.7 Å². The number of aromatic nitrogens is 2. The van der Waals surface area contributed by atoms with Crippen LogP contribution >= 0.6 is 31.4 Å². The Morgan fingerprint density at radius 2 is 1.95 bits per heavy atom. The Hall–Kier alpha value is -2.83. The highest BCUT2D eigenvalue weighted by atomic mass is 35.5. The number of hydrogen-bond acceptors (Lipinski definition) is 10. The number of carbonyl (C=O) groups is 1. The maximum absolute atomic E-state index is 14.2. The third-order valence-corrected chi connectivity index (χ3v) is 8.69. The van der Waals surface area contributed by atoms with E-state index in [1.807, 2.05) is 6.07 Å². The molecule has 41 heavy (non-hydrogen) atoms. The summed E-state index contributed by atoms with van der Waals surface area (Å²) in [7, 11) is -4.58. The van der Waals surface area contributed by atoms with Crippen molar-refractivity contribution >= 4 is 37.4 Å². The summed E-state index contributed by atoms with van der Waals surface area (Å²) in [4.78, 5) is 26.8. The Bertz CT molecular complexity index is 1600. The zero-order valence-corrected chi connectivity index (χ0v) is 24.5. The third kappa shape index (κ3) is 7.72. The van der Waals surface area contributed by atoms with E-state index in [9.17, 15) is 24.4 Å². The monoisotopic (exact) mass is 626 g/mol. The van der Waals surface area contributed by atoms with Gasteiger partial charge in [0.15, 0.2) is 11.0 Å². The molecule has 0 saturated carbocycles. The molecule has 1 saturated heterocycles. The maximum atomic E-state index is 14.2. The fraction of sp³-hybridized carbons (Fsp3) is 0.370. The van der Waals surface area contributed by atoms with Crippen molar-refractivity contribution < 1.29 is 40.8 Å². The SMILES string of the molecule is [2H]C([2H])(OP(=O)(C[C@@H](C)C(=O)OCc1ccccc1)Oc1ccc(Cl)cc1)[C@H]1O[C@@H](n2ccc(=O)[nH]c2=S)C(C)(O)[C@H]1O. The summed E-state index contributed by atoms with van der Waals surface area (Å²) in [5.41, 5.74) is -1.94. The minimum absolute atomic E-state index is 0.00527. The molecule has 0 amide bonds. The fourth-order valence-corrected chi connectivity index (χ4v) is 6.11. The lowest BCUT2D eigenvalue weighted by molar-refractivity contribution is -0.148. The average molecular weight is 627 g/mol. The van der Waals surface area contributed by atoms with Gasteiger partial charge in [-0.25, -0.2) is 4.57 Å². The summed E-state index contributed by atoms with van der Waals surface area (Å²) in [5, 5.41) is 22.4. The number of carbonyl (C=O) groups excluding carboxylic acids is 1. The molecular weight excluding hydrogens is 595 g/mol. The van der Waals surface area contributed by atoms with Crippen LogP contribution in [0.3, 0.4) is 0 Å². The Morgan fingerprint density at radius 1 is 1.27 bits per heavy atom. The van der Waals surface area contributed by atoms with Gasteiger partial charge in [0.05, 0.1) is 21.4 Å². The minimum Gasteiger partial charge on any atom is -0.461 e. The lowest BCUT2D eigenvalue weighted by Crippen LogP contribution is -2.44. The third-order valence-electron chi connectivity index (χ3n) is 6.25. The molecule has 2 aromatic carbocycles. The number of esters is 1. The second-order valence-electron chi connectivity index (χ2n) is 9.64. The number of benzene rings is 2. The molecule has 3 N–H and O–H groups in total. The van der Waals surface area contributed by atoms with E-state index < -0.39 is 61.8 Å². The zero-order valence-electron chi connectivity index (χ0n) is 24.0. The van der Waals surface area contributed by atoms with Gasteiger partial charge in [0.25, 0.3) is 5.56 Å². The molecule has 2 unspecified atom stereocenters. The second-order valence-corrected chi connectivity index (χ2v) is 12.4. The summed E-state index contributed by atoms with van der Waals surface area (Å²) in [6.07, 6.45) is -4.74. The first-order chi connectivity index (χ1) is 20.1. The first-order valence-electron chi connectivity index (χ1n) is 13.4. The van der Waals surface area contributed by atoms with Crippen molar-refractivity contribution in [1.82, 2.24) is 9.55 Å². The molecule has 4 rings (SSSR count). The molecule has 0 bridgehead atoms. The molecule has 1 aliphatic rings. The van der Waals surface area contributed by atoms with Crippen molar-refractivity contribution in [3.8, 4) is 5.75 Å². The van der Waals surface area contributed by atoms with E-state index in [1.165, 1.54) is 44.3 Å². The normalized spacial score (nSPS) is 25.4. The van der Waals surface area contributed by atoms with Crippen LogP contribution in [0, 0.1) is 10.7 Å². The van der Waals surface area contributed by atoms with Gasteiger partial charge in [0, 0.05) is 17.3 Å². The molecule has 1 aromatic heterocycles. The Morgan fingerprint density at radius 3 is 2.61 bits per heavy atom. The van der Waals surface area contributed by atoms with Crippen molar-refractivity contribution in [1.29, 1.82) is 0 Å². The summed E-state index contributed by atoms with van der Waals surface area (Å²) in [6.45, 7) is -0.498. The molecule has 1 aliphatic heterocycles. The van der Waals surface area contributed by atoms with Crippen LogP contribution < -0.4 is 10.1 Å². The van der Waals surface area contributed by atoms with E-state index in [-0.39, 0.29) is 17.1 Å². The van der Waals surface area contributed by atoms with E-state index in [0.29, 0.717) is 5.02 Å². The molecule has 0 spiro atoms. The standard InChI is InChI=1S/C27H30ClN2O9PS/c1-17(24(33)36-14-18-6-4-3-5-7-18)16-40(35,39-20-10-8-19(28)9-11-20)37-15-21-23(32)27(2,34)25(38-21)30-13-12-22(31)29-26(30)41/h3-13,17,21,23,25,32,34H,14-16H2,1-2H3,(H,29,31,41)/t17-,21-,23+,25-,27?,40?/m1/s1/i15D2. The van der Waals surface area contributed by atoms with Crippen LogP contribution in [0.4, 0.5) is 0 Å². The molecule has 11 nitrogen and oxygen atoms in total. The molecule has 220 valence electrons. The molecule has 1 fully saturated rings. The van der Waals surface area contributed by atoms with Gasteiger partial charge >= 0.3 is 13.6 Å². The predicted octanol–water partition coefficient (Wildman–Crippen LogP) is 4.24. The Labute approximate surface area is 249 Å². The number of rotatable bonds is 11. The van der Waals surface area contributed by atoms with E-state index >= 15 is 0 Å². The number of aliphatic hydroxyl groups excluding tert-OH is 1. The van der Waals surface area contributed by atoms with E-state index in [0.717, 1.165) is 16.2 Å². The van der Waals surface area contributed by atoms with Gasteiger partial charge in [-0.2, -0.15) is 0 Å². The number of aliphatic hydroxyl groups is 2. The van der Waals surface area contributed by atoms with E-state index in [4.69, 9.17) is 45.1 Å². The molecule has 3 aromatic rings. The van der Waals surface area contributed by atoms with Gasteiger partial charge in [-0.1, -0.05) is 48.9 Å². The fourth-order valence-electron chi connectivity index (χ4n) is 4.02. The summed E-state index contributed by atoms with van der Waals surface area (Å²) in [6, 6.07) is 15.7. The highest BCUT2D eigenvalue weighted by molar-refractivity contribution is 7.71. The van der Waals surface area contributed by atoms with Crippen LogP contribution in [0.25, 0.3) is 0 Å². The largest absolute Gasteiger partial charge is 0.461 e.